The molecule has 3 aromatic rings. The highest BCUT2D eigenvalue weighted by Crippen LogP contribution is 2.36. The molecular weight excluding hydrogens is 524 g/mol. The molecule has 0 spiro atoms. The predicted octanol–water partition coefficient (Wildman–Crippen LogP) is 4.61. The van der Waals surface area contributed by atoms with Gasteiger partial charge in [0, 0.05) is 10.9 Å². The molecule has 1 aliphatic rings. The molecule has 0 fully saturated rings. The predicted molar refractivity (Wildman–Crippen MR) is 129 cm³/mol. The molecule has 1 aromatic heterocycles. The number of fused-ring (bicyclic) bond motifs is 1. The highest BCUT2D eigenvalue weighted by molar-refractivity contribution is 9.10. The third-order valence-electron chi connectivity index (χ3n) is 5.76. The van der Waals surface area contributed by atoms with Crippen molar-refractivity contribution in [2.75, 3.05) is 6.79 Å². The van der Waals surface area contributed by atoms with Gasteiger partial charge in [-0.1, -0.05) is 42.3 Å². The van der Waals surface area contributed by atoms with Crippen LogP contribution in [0.5, 0.6) is 17.4 Å². The van der Waals surface area contributed by atoms with E-state index in [1.165, 1.54) is 16.7 Å². The van der Waals surface area contributed by atoms with Crippen LogP contribution < -0.4 is 15.0 Å². The van der Waals surface area contributed by atoms with E-state index < -0.39 is 32.2 Å². The van der Waals surface area contributed by atoms with E-state index in [0.717, 1.165) is 18.4 Å². The summed E-state index contributed by atoms with van der Waals surface area (Å²) in [6.45, 7) is 4.03. The molecule has 0 radical (unpaired) electrons. The number of aryl methyl sites for hydroxylation is 1. The van der Waals surface area contributed by atoms with Crippen LogP contribution in [0.25, 0.3) is 0 Å². The molecular formula is C24H25BrN2O6S. The molecule has 8 nitrogen and oxygen atoms in total. The number of halogens is 1. The quantitative estimate of drug-likeness (QED) is 0.437. The molecule has 1 atom stereocenters. The summed E-state index contributed by atoms with van der Waals surface area (Å²) >= 11 is 3.28. The molecule has 4 rings (SSSR count). The zero-order valence-corrected chi connectivity index (χ0v) is 21.2. The van der Waals surface area contributed by atoms with E-state index in [4.69, 9.17) is 9.47 Å². The van der Waals surface area contributed by atoms with E-state index >= 15 is 0 Å². The van der Waals surface area contributed by atoms with Crippen molar-refractivity contribution in [2.24, 2.45) is 0 Å². The molecule has 180 valence electrons. The van der Waals surface area contributed by atoms with E-state index in [2.05, 4.69) is 20.9 Å². The van der Waals surface area contributed by atoms with Crippen molar-refractivity contribution in [1.29, 1.82) is 0 Å². The van der Waals surface area contributed by atoms with Gasteiger partial charge in [-0.3, -0.25) is 9.36 Å². The van der Waals surface area contributed by atoms with Crippen LogP contribution in [-0.4, -0.2) is 29.9 Å². The van der Waals surface area contributed by atoms with Crippen molar-refractivity contribution in [3.8, 4) is 17.4 Å². The van der Waals surface area contributed by atoms with E-state index in [1.54, 1.807) is 24.3 Å². The van der Waals surface area contributed by atoms with Crippen molar-refractivity contribution < 1.29 is 23.0 Å². The number of hydrogen-bond acceptors (Lipinski definition) is 7. The molecule has 2 heterocycles. The Hall–Kier alpha value is -2.85. The molecule has 0 aliphatic carbocycles. The summed E-state index contributed by atoms with van der Waals surface area (Å²) in [7, 11) is -4.32. The number of ether oxygens (including phenoxy) is 2. The topological polar surface area (TPSA) is 108 Å². The number of aromatic hydroxyl groups is 1. The molecule has 1 N–H and O–H groups in total. The van der Waals surface area contributed by atoms with Crippen LogP contribution in [0.2, 0.25) is 0 Å². The summed E-state index contributed by atoms with van der Waals surface area (Å²) in [5.74, 6) is 0.729. The average Bonchev–Trinajstić information content (AvgIpc) is 3.28. The van der Waals surface area contributed by atoms with Crippen LogP contribution in [0, 0.1) is 0 Å². The van der Waals surface area contributed by atoms with Gasteiger partial charge in [0.05, 0.1) is 10.9 Å². The van der Waals surface area contributed by atoms with Gasteiger partial charge in [0.25, 0.3) is 5.56 Å². The maximum absolute atomic E-state index is 13.8. The first-order valence-corrected chi connectivity index (χ1v) is 13.3. The molecule has 0 saturated heterocycles. The van der Waals surface area contributed by atoms with Gasteiger partial charge in [0.1, 0.15) is 5.82 Å². The summed E-state index contributed by atoms with van der Waals surface area (Å²) in [6, 6.07) is 10.8. The van der Waals surface area contributed by atoms with Crippen molar-refractivity contribution in [1.82, 2.24) is 9.55 Å². The minimum Gasteiger partial charge on any atom is -0.492 e. The van der Waals surface area contributed by atoms with Gasteiger partial charge in [-0.2, -0.15) is 4.98 Å². The monoisotopic (exact) mass is 548 g/mol. The van der Waals surface area contributed by atoms with Gasteiger partial charge in [-0.25, -0.2) is 8.42 Å². The Morgan fingerprint density at radius 3 is 2.50 bits per heavy atom. The van der Waals surface area contributed by atoms with E-state index in [0.29, 0.717) is 34.6 Å². The Kier molecular flexibility index (Phi) is 6.99. The van der Waals surface area contributed by atoms with Crippen molar-refractivity contribution in [3.05, 3.63) is 68.7 Å². The third kappa shape index (κ3) is 4.44. The van der Waals surface area contributed by atoms with Gasteiger partial charge in [-0.05, 0) is 54.8 Å². The Morgan fingerprint density at radius 1 is 1.12 bits per heavy atom. The van der Waals surface area contributed by atoms with Crippen LogP contribution in [0.3, 0.4) is 0 Å². The fourth-order valence-electron chi connectivity index (χ4n) is 4.04. The number of hydrogen-bond donors (Lipinski definition) is 1. The number of benzene rings is 2. The SMILES string of the molecule is CCCCc1nc(O)c(S(=O)(=O)c2ccc(Br)cc2)c(=O)n1C(CC)c1ccc2c(c1)OCO2. The summed E-state index contributed by atoms with van der Waals surface area (Å²) < 4.78 is 39.8. The molecule has 1 aliphatic heterocycles. The largest absolute Gasteiger partial charge is 0.492 e. The molecule has 2 aromatic carbocycles. The van der Waals surface area contributed by atoms with Gasteiger partial charge in [0.2, 0.25) is 22.5 Å². The van der Waals surface area contributed by atoms with Crippen molar-refractivity contribution >= 4 is 25.8 Å². The standard InChI is InChI=1S/C24H25BrN2O6S/c1-3-5-6-21-26-23(28)22(34(30,31)17-10-8-16(25)9-11-17)24(29)27(21)18(4-2)15-7-12-19-20(13-15)33-14-32-19/h7-13,18,28H,3-6,14H2,1-2H3. The molecule has 0 bridgehead atoms. The van der Waals surface area contributed by atoms with Gasteiger partial charge in [0.15, 0.2) is 16.4 Å². The van der Waals surface area contributed by atoms with Crippen LogP contribution in [-0.2, 0) is 16.3 Å². The lowest BCUT2D eigenvalue weighted by atomic mass is 10.0. The fourth-order valence-corrected chi connectivity index (χ4v) is 5.64. The first-order valence-electron chi connectivity index (χ1n) is 11.0. The fraction of sp³-hybridized carbons (Fsp3) is 0.333. The number of nitrogens with zero attached hydrogens (tertiary/aromatic N) is 2. The number of rotatable bonds is 8. The second kappa shape index (κ2) is 9.79. The molecule has 34 heavy (non-hydrogen) atoms. The highest BCUT2D eigenvalue weighted by Gasteiger charge is 2.32. The molecule has 0 amide bonds. The Morgan fingerprint density at radius 2 is 1.82 bits per heavy atom. The Bertz CT molecular complexity index is 1370. The van der Waals surface area contributed by atoms with Crippen LogP contribution in [0.4, 0.5) is 0 Å². The van der Waals surface area contributed by atoms with Crippen LogP contribution in [0.15, 0.2) is 61.5 Å². The first-order chi connectivity index (χ1) is 16.3. The van der Waals surface area contributed by atoms with Crippen LogP contribution >= 0.6 is 15.9 Å². The summed E-state index contributed by atoms with van der Waals surface area (Å²) in [5, 5.41) is 10.6. The zero-order chi connectivity index (χ0) is 24.5. The zero-order valence-electron chi connectivity index (χ0n) is 18.8. The van der Waals surface area contributed by atoms with Gasteiger partial charge < -0.3 is 14.6 Å². The summed E-state index contributed by atoms with van der Waals surface area (Å²) in [4.78, 5) is 17.2. The summed E-state index contributed by atoms with van der Waals surface area (Å²) in [6.07, 6.45) is 2.47. The summed E-state index contributed by atoms with van der Waals surface area (Å²) in [5.41, 5.74) is -0.0443. The average molecular weight is 549 g/mol. The lowest BCUT2D eigenvalue weighted by Crippen LogP contribution is -2.33. The molecule has 10 heteroatoms. The van der Waals surface area contributed by atoms with Crippen molar-refractivity contribution in [2.45, 2.75) is 55.4 Å². The lowest BCUT2D eigenvalue weighted by molar-refractivity contribution is 0.174. The minimum absolute atomic E-state index is 0.103. The molecule has 1 unspecified atom stereocenters. The number of aromatic nitrogens is 2. The normalized spacial score (nSPS) is 13.7. The van der Waals surface area contributed by atoms with Crippen LogP contribution in [0.1, 0.15) is 50.5 Å². The first kappa shape index (κ1) is 24.3. The number of sulfone groups is 1. The lowest BCUT2D eigenvalue weighted by Gasteiger charge is -2.23. The van der Waals surface area contributed by atoms with Gasteiger partial charge in [-0.15, -0.1) is 0 Å². The molecule has 0 saturated carbocycles. The second-order valence-corrected chi connectivity index (χ2v) is 10.8. The second-order valence-electron chi connectivity index (χ2n) is 7.95. The van der Waals surface area contributed by atoms with Crippen molar-refractivity contribution in [3.63, 3.8) is 0 Å². The Labute approximate surface area is 206 Å². The van der Waals surface area contributed by atoms with E-state index in [-0.39, 0.29) is 11.7 Å². The van der Waals surface area contributed by atoms with E-state index in [1.807, 2.05) is 19.9 Å². The minimum atomic E-state index is -4.32. The third-order valence-corrected chi connectivity index (χ3v) is 8.07. The Balaban J connectivity index is 1.93. The van der Waals surface area contributed by atoms with Gasteiger partial charge >= 0.3 is 0 Å². The smallest absolute Gasteiger partial charge is 0.277 e. The van der Waals surface area contributed by atoms with E-state index in [9.17, 15) is 18.3 Å². The maximum Gasteiger partial charge on any atom is 0.277 e. The number of unbranched alkanes of at least 4 members (excludes halogenated alkanes) is 1. The highest BCUT2D eigenvalue weighted by atomic mass is 79.9. The maximum atomic E-state index is 13.8.